The molecule has 5 heteroatoms. The number of aryl methyl sites for hydroxylation is 1. The van der Waals surface area contributed by atoms with Crippen molar-refractivity contribution < 1.29 is 14.3 Å². The van der Waals surface area contributed by atoms with Crippen LogP contribution in [0.4, 0.5) is 11.4 Å². The number of rotatable bonds is 6. The van der Waals surface area contributed by atoms with E-state index < -0.39 is 0 Å². The maximum atomic E-state index is 12.7. The van der Waals surface area contributed by atoms with Gasteiger partial charge in [-0.25, -0.2) is 0 Å². The van der Waals surface area contributed by atoms with Crippen LogP contribution in [0.1, 0.15) is 21.5 Å². The predicted octanol–water partition coefficient (Wildman–Crippen LogP) is 4.91. The number of anilines is 2. The molecule has 2 N–H and O–H groups in total. The lowest BCUT2D eigenvalue weighted by atomic mass is 10.1. The van der Waals surface area contributed by atoms with Crippen molar-refractivity contribution in [3.05, 3.63) is 95.6 Å². The zero-order chi connectivity index (χ0) is 20.6. The van der Waals surface area contributed by atoms with E-state index in [1.807, 2.05) is 55.5 Å². The summed E-state index contributed by atoms with van der Waals surface area (Å²) in [6.07, 6.45) is 3.13. The van der Waals surface area contributed by atoms with Crippen molar-refractivity contribution in [1.82, 2.24) is 0 Å². The number of benzene rings is 3. The van der Waals surface area contributed by atoms with Crippen LogP contribution in [0.25, 0.3) is 6.08 Å². The van der Waals surface area contributed by atoms with E-state index >= 15 is 0 Å². The van der Waals surface area contributed by atoms with Gasteiger partial charge in [0.25, 0.3) is 5.91 Å². The number of amides is 2. The van der Waals surface area contributed by atoms with E-state index in [1.54, 1.807) is 37.5 Å². The van der Waals surface area contributed by atoms with Crippen LogP contribution in [0.15, 0.2) is 78.9 Å². The molecule has 146 valence electrons. The second-order valence-electron chi connectivity index (χ2n) is 6.41. The Morgan fingerprint density at radius 2 is 1.48 bits per heavy atom. The molecule has 0 radical (unpaired) electrons. The van der Waals surface area contributed by atoms with Crippen LogP contribution in [0.2, 0.25) is 0 Å². The summed E-state index contributed by atoms with van der Waals surface area (Å²) in [4.78, 5) is 25.1. The topological polar surface area (TPSA) is 67.4 Å². The quantitative estimate of drug-likeness (QED) is 0.592. The van der Waals surface area contributed by atoms with Crippen molar-refractivity contribution in [2.45, 2.75) is 6.92 Å². The van der Waals surface area contributed by atoms with Gasteiger partial charge >= 0.3 is 0 Å². The number of carbonyl (C=O) groups excluding carboxylic acids is 2. The summed E-state index contributed by atoms with van der Waals surface area (Å²) in [5, 5.41) is 5.66. The van der Waals surface area contributed by atoms with Crippen LogP contribution < -0.4 is 15.4 Å². The molecule has 0 saturated heterocycles. The van der Waals surface area contributed by atoms with Crippen molar-refractivity contribution in [3.8, 4) is 5.75 Å². The fraction of sp³-hybridized carbons (Fsp3) is 0.0833. The molecule has 29 heavy (non-hydrogen) atoms. The third kappa shape index (κ3) is 5.32. The van der Waals surface area contributed by atoms with Gasteiger partial charge in [-0.3, -0.25) is 9.59 Å². The molecule has 0 saturated carbocycles. The maximum absolute atomic E-state index is 12.7. The van der Waals surface area contributed by atoms with Gasteiger partial charge in [-0.2, -0.15) is 0 Å². The monoisotopic (exact) mass is 386 g/mol. The van der Waals surface area contributed by atoms with E-state index in [0.717, 1.165) is 22.6 Å². The molecule has 5 nitrogen and oxygen atoms in total. The first kappa shape index (κ1) is 19.9. The van der Waals surface area contributed by atoms with Crippen LogP contribution in [0.3, 0.4) is 0 Å². The third-order valence-corrected chi connectivity index (χ3v) is 4.37. The number of ether oxygens (including phenoxy) is 1. The molecule has 0 fully saturated rings. The van der Waals surface area contributed by atoms with Gasteiger partial charge in [0.05, 0.1) is 18.4 Å². The number of hydrogen-bond donors (Lipinski definition) is 2. The van der Waals surface area contributed by atoms with Gasteiger partial charge in [0.1, 0.15) is 5.75 Å². The minimum Gasteiger partial charge on any atom is -0.497 e. The van der Waals surface area contributed by atoms with Crippen LogP contribution in [-0.4, -0.2) is 18.9 Å². The maximum Gasteiger partial charge on any atom is 0.257 e. The Morgan fingerprint density at radius 3 is 2.17 bits per heavy atom. The molecule has 2 amide bonds. The highest BCUT2D eigenvalue weighted by Crippen LogP contribution is 2.20. The highest BCUT2D eigenvalue weighted by molar-refractivity contribution is 6.12. The van der Waals surface area contributed by atoms with Crippen LogP contribution in [0, 0.1) is 6.92 Å². The Kier molecular flexibility index (Phi) is 6.43. The number of hydrogen-bond acceptors (Lipinski definition) is 3. The molecule has 0 atom stereocenters. The largest absolute Gasteiger partial charge is 0.497 e. The summed E-state index contributed by atoms with van der Waals surface area (Å²) in [6, 6.07) is 21.8. The minimum absolute atomic E-state index is 0.283. The summed E-state index contributed by atoms with van der Waals surface area (Å²) in [7, 11) is 1.60. The number of nitrogens with one attached hydrogen (secondary N) is 2. The van der Waals surface area contributed by atoms with E-state index in [4.69, 9.17) is 4.74 Å². The predicted molar refractivity (Wildman–Crippen MR) is 116 cm³/mol. The number of para-hydroxylation sites is 2. The highest BCUT2D eigenvalue weighted by Gasteiger charge is 2.13. The Hall–Kier alpha value is -3.86. The molecule has 3 rings (SSSR count). The van der Waals surface area contributed by atoms with Crippen LogP contribution in [0.5, 0.6) is 5.75 Å². The van der Waals surface area contributed by atoms with E-state index in [-0.39, 0.29) is 11.8 Å². The zero-order valence-electron chi connectivity index (χ0n) is 16.3. The summed E-state index contributed by atoms with van der Waals surface area (Å²) >= 11 is 0. The van der Waals surface area contributed by atoms with E-state index in [0.29, 0.717) is 11.3 Å². The molecule has 3 aromatic carbocycles. The van der Waals surface area contributed by atoms with Crippen molar-refractivity contribution in [2.75, 3.05) is 17.7 Å². The lowest BCUT2D eigenvalue weighted by molar-refractivity contribution is -0.111. The Bertz CT molecular complexity index is 1040. The molecule has 0 spiro atoms. The van der Waals surface area contributed by atoms with Gasteiger partial charge in [-0.1, -0.05) is 42.5 Å². The number of carbonyl (C=O) groups is 2. The lowest BCUT2D eigenvalue weighted by Gasteiger charge is -2.12. The van der Waals surface area contributed by atoms with E-state index in [2.05, 4.69) is 10.6 Å². The normalized spacial score (nSPS) is 10.6. The van der Waals surface area contributed by atoms with Gasteiger partial charge in [-0.05, 0) is 54.5 Å². The molecule has 0 aliphatic heterocycles. The van der Waals surface area contributed by atoms with Gasteiger partial charge in [0.15, 0.2) is 0 Å². The zero-order valence-corrected chi connectivity index (χ0v) is 16.3. The number of methoxy groups -OCH3 is 1. The fourth-order valence-corrected chi connectivity index (χ4v) is 2.75. The molecule has 0 heterocycles. The average Bonchev–Trinajstić information content (AvgIpc) is 2.74. The summed E-state index contributed by atoms with van der Waals surface area (Å²) < 4.78 is 5.12. The molecule has 0 aromatic heterocycles. The van der Waals surface area contributed by atoms with E-state index in [1.165, 1.54) is 6.08 Å². The van der Waals surface area contributed by atoms with Crippen LogP contribution >= 0.6 is 0 Å². The van der Waals surface area contributed by atoms with E-state index in [9.17, 15) is 9.59 Å². The van der Waals surface area contributed by atoms with Gasteiger partial charge in [-0.15, -0.1) is 0 Å². The van der Waals surface area contributed by atoms with Crippen LogP contribution in [-0.2, 0) is 4.79 Å². The first-order valence-corrected chi connectivity index (χ1v) is 9.16. The first-order valence-electron chi connectivity index (χ1n) is 9.16. The second kappa shape index (κ2) is 9.37. The molecule has 3 aromatic rings. The summed E-state index contributed by atoms with van der Waals surface area (Å²) in [5.41, 5.74) is 3.40. The Labute approximate surface area is 170 Å². The SMILES string of the molecule is COc1ccc(/C=C/C(=O)Nc2ccccc2C(=O)Nc2ccccc2C)cc1. The van der Waals surface area contributed by atoms with Gasteiger partial charge in [0.2, 0.25) is 5.91 Å². The summed E-state index contributed by atoms with van der Waals surface area (Å²) in [5.74, 6) is 0.145. The lowest BCUT2D eigenvalue weighted by Crippen LogP contribution is -2.17. The minimum atomic E-state index is -0.322. The average molecular weight is 386 g/mol. The second-order valence-corrected chi connectivity index (χ2v) is 6.41. The standard InChI is InChI=1S/C24H22N2O3/c1-17-7-3-5-9-21(17)26-24(28)20-8-4-6-10-22(20)25-23(27)16-13-18-11-14-19(29-2)15-12-18/h3-16H,1-2H3,(H,25,27)(H,26,28)/b16-13+. The third-order valence-electron chi connectivity index (χ3n) is 4.37. The fourth-order valence-electron chi connectivity index (χ4n) is 2.75. The molecule has 0 unspecified atom stereocenters. The van der Waals surface area contributed by atoms with Gasteiger partial charge < -0.3 is 15.4 Å². The van der Waals surface area contributed by atoms with Crippen molar-refractivity contribution >= 4 is 29.3 Å². The highest BCUT2D eigenvalue weighted by atomic mass is 16.5. The van der Waals surface area contributed by atoms with Crippen molar-refractivity contribution in [1.29, 1.82) is 0 Å². The first-order chi connectivity index (χ1) is 14.1. The molecule has 0 bridgehead atoms. The summed E-state index contributed by atoms with van der Waals surface area (Å²) in [6.45, 7) is 1.92. The Balaban J connectivity index is 1.71. The Morgan fingerprint density at radius 1 is 0.828 bits per heavy atom. The van der Waals surface area contributed by atoms with Crippen molar-refractivity contribution in [2.24, 2.45) is 0 Å². The molecular weight excluding hydrogens is 364 g/mol. The molecule has 0 aliphatic carbocycles. The smallest absolute Gasteiger partial charge is 0.257 e. The molecule has 0 aliphatic rings. The molecular formula is C24H22N2O3. The van der Waals surface area contributed by atoms with Crippen molar-refractivity contribution in [3.63, 3.8) is 0 Å². The van der Waals surface area contributed by atoms with Gasteiger partial charge in [0, 0.05) is 11.8 Å².